The molecule has 2 aromatic rings. The normalized spacial score (nSPS) is 10.4. The van der Waals surface area contributed by atoms with Crippen LogP contribution in [-0.2, 0) is 13.1 Å². The zero-order chi connectivity index (χ0) is 11.9. The number of rotatable bonds is 6. The number of hydrogen-bond donors (Lipinski definition) is 2. The molecule has 0 bridgehead atoms. The van der Waals surface area contributed by atoms with E-state index >= 15 is 0 Å². The van der Waals surface area contributed by atoms with Gasteiger partial charge in [0.25, 0.3) is 0 Å². The molecule has 4 heteroatoms. The van der Waals surface area contributed by atoms with Crippen molar-refractivity contribution in [1.82, 2.24) is 15.5 Å². The van der Waals surface area contributed by atoms with Gasteiger partial charge in [-0.25, -0.2) is 0 Å². The molecule has 0 unspecified atom stereocenters. The number of ether oxygens (including phenoxy) is 1. The van der Waals surface area contributed by atoms with Crippen LogP contribution in [0.4, 0.5) is 0 Å². The van der Waals surface area contributed by atoms with Crippen LogP contribution in [0.5, 0.6) is 5.75 Å². The summed E-state index contributed by atoms with van der Waals surface area (Å²) in [6.07, 6.45) is 3.72. The second-order valence-corrected chi connectivity index (χ2v) is 3.79. The molecule has 2 rings (SSSR count). The van der Waals surface area contributed by atoms with Crippen LogP contribution in [-0.4, -0.2) is 16.8 Å². The minimum absolute atomic E-state index is 0.706. The van der Waals surface area contributed by atoms with E-state index in [1.165, 1.54) is 5.56 Å². The van der Waals surface area contributed by atoms with Crippen LogP contribution in [0, 0.1) is 0 Å². The standard InChI is InChI=1S/C13H17N3O/c1-2-17-13-5-3-11(4-6-13)7-14-8-12-9-15-16-10-12/h3-6,9-10,14H,2,7-8H2,1H3,(H,15,16). The molecule has 2 N–H and O–H groups in total. The van der Waals surface area contributed by atoms with Crippen LogP contribution in [0.1, 0.15) is 18.1 Å². The molecule has 0 radical (unpaired) electrons. The third kappa shape index (κ3) is 3.60. The first-order chi connectivity index (χ1) is 8.38. The molecule has 1 heterocycles. The van der Waals surface area contributed by atoms with Crippen LogP contribution >= 0.6 is 0 Å². The lowest BCUT2D eigenvalue weighted by molar-refractivity contribution is 0.340. The van der Waals surface area contributed by atoms with E-state index in [2.05, 4.69) is 27.6 Å². The summed E-state index contributed by atoms with van der Waals surface area (Å²) in [6, 6.07) is 8.15. The molecule has 0 aliphatic rings. The number of nitrogens with zero attached hydrogens (tertiary/aromatic N) is 1. The van der Waals surface area contributed by atoms with Gasteiger partial charge >= 0.3 is 0 Å². The zero-order valence-corrected chi connectivity index (χ0v) is 9.94. The van der Waals surface area contributed by atoms with E-state index in [0.717, 1.165) is 24.4 Å². The summed E-state index contributed by atoms with van der Waals surface area (Å²) in [6.45, 7) is 4.36. The van der Waals surface area contributed by atoms with Gasteiger partial charge in [-0.05, 0) is 24.6 Å². The van der Waals surface area contributed by atoms with Gasteiger partial charge in [-0.2, -0.15) is 5.10 Å². The Morgan fingerprint density at radius 1 is 1.18 bits per heavy atom. The summed E-state index contributed by atoms with van der Waals surface area (Å²) in [7, 11) is 0. The van der Waals surface area contributed by atoms with Gasteiger partial charge in [0.2, 0.25) is 0 Å². The largest absolute Gasteiger partial charge is 0.494 e. The monoisotopic (exact) mass is 231 g/mol. The van der Waals surface area contributed by atoms with Gasteiger partial charge in [-0.1, -0.05) is 12.1 Å². The SMILES string of the molecule is CCOc1ccc(CNCc2cn[nH]c2)cc1. The molecule has 0 aliphatic carbocycles. The van der Waals surface area contributed by atoms with Crippen molar-refractivity contribution in [2.45, 2.75) is 20.0 Å². The lowest BCUT2D eigenvalue weighted by Crippen LogP contribution is -2.12. The number of nitrogens with one attached hydrogen (secondary N) is 2. The van der Waals surface area contributed by atoms with Crippen molar-refractivity contribution in [1.29, 1.82) is 0 Å². The van der Waals surface area contributed by atoms with Crippen molar-refractivity contribution >= 4 is 0 Å². The third-order valence-electron chi connectivity index (χ3n) is 2.45. The summed E-state index contributed by atoms with van der Waals surface area (Å²) in [4.78, 5) is 0. The molecule has 0 saturated carbocycles. The highest BCUT2D eigenvalue weighted by Crippen LogP contribution is 2.11. The van der Waals surface area contributed by atoms with Crippen LogP contribution < -0.4 is 10.1 Å². The Morgan fingerprint density at radius 2 is 1.94 bits per heavy atom. The van der Waals surface area contributed by atoms with Gasteiger partial charge in [0.1, 0.15) is 5.75 Å². The summed E-state index contributed by atoms with van der Waals surface area (Å²) < 4.78 is 5.39. The molecule has 1 aromatic heterocycles. The second kappa shape index (κ2) is 6.06. The fourth-order valence-corrected chi connectivity index (χ4v) is 1.60. The number of aromatic amines is 1. The van der Waals surface area contributed by atoms with E-state index in [1.54, 1.807) is 0 Å². The van der Waals surface area contributed by atoms with E-state index in [0.29, 0.717) is 6.61 Å². The maximum atomic E-state index is 5.39. The Labute approximate surface area is 101 Å². The van der Waals surface area contributed by atoms with Gasteiger partial charge in [0.15, 0.2) is 0 Å². The predicted octanol–water partition coefficient (Wildman–Crippen LogP) is 2.10. The Balaban J connectivity index is 1.79. The summed E-state index contributed by atoms with van der Waals surface area (Å²) in [5.74, 6) is 0.922. The Morgan fingerprint density at radius 3 is 2.59 bits per heavy atom. The zero-order valence-electron chi connectivity index (χ0n) is 9.94. The molecular weight excluding hydrogens is 214 g/mol. The molecule has 1 aromatic carbocycles. The van der Waals surface area contributed by atoms with Crippen LogP contribution in [0.2, 0.25) is 0 Å². The van der Waals surface area contributed by atoms with Crippen molar-refractivity contribution < 1.29 is 4.74 Å². The fraction of sp³-hybridized carbons (Fsp3) is 0.308. The molecule has 0 amide bonds. The Bertz CT molecular complexity index is 422. The minimum Gasteiger partial charge on any atom is -0.494 e. The molecule has 0 atom stereocenters. The number of benzene rings is 1. The molecular formula is C13H17N3O. The molecule has 0 aliphatic heterocycles. The number of H-pyrrole nitrogens is 1. The predicted molar refractivity (Wildman–Crippen MR) is 66.7 cm³/mol. The quantitative estimate of drug-likeness (QED) is 0.800. The van der Waals surface area contributed by atoms with Crippen molar-refractivity contribution in [2.75, 3.05) is 6.61 Å². The van der Waals surface area contributed by atoms with E-state index in [-0.39, 0.29) is 0 Å². The lowest BCUT2D eigenvalue weighted by atomic mass is 10.2. The molecule has 90 valence electrons. The summed E-state index contributed by atoms with van der Waals surface area (Å²) >= 11 is 0. The average Bonchev–Trinajstić information content (AvgIpc) is 2.85. The topological polar surface area (TPSA) is 49.9 Å². The lowest BCUT2D eigenvalue weighted by Gasteiger charge is -2.06. The number of hydrogen-bond acceptors (Lipinski definition) is 3. The molecule has 17 heavy (non-hydrogen) atoms. The minimum atomic E-state index is 0.706. The van der Waals surface area contributed by atoms with Gasteiger partial charge < -0.3 is 10.1 Å². The van der Waals surface area contributed by atoms with Crippen molar-refractivity contribution in [3.63, 3.8) is 0 Å². The van der Waals surface area contributed by atoms with E-state index < -0.39 is 0 Å². The Hall–Kier alpha value is -1.81. The van der Waals surface area contributed by atoms with Crippen molar-refractivity contribution in [3.8, 4) is 5.75 Å². The van der Waals surface area contributed by atoms with Gasteiger partial charge in [-0.3, -0.25) is 5.10 Å². The van der Waals surface area contributed by atoms with Gasteiger partial charge in [0.05, 0.1) is 12.8 Å². The smallest absolute Gasteiger partial charge is 0.119 e. The third-order valence-corrected chi connectivity index (χ3v) is 2.45. The van der Waals surface area contributed by atoms with Crippen LogP contribution in [0.3, 0.4) is 0 Å². The molecule has 4 nitrogen and oxygen atoms in total. The van der Waals surface area contributed by atoms with E-state index in [4.69, 9.17) is 4.74 Å². The highest BCUT2D eigenvalue weighted by atomic mass is 16.5. The van der Waals surface area contributed by atoms with Crippen molar-refractivity contribution in [3.05, 3.63) is 47.8 Å². The first-order valence-corrected chi connectivity index (χ1v) is 5.78. The highest BCUT2D eigenvalue weighted by molar-refractivity contribution is 5.27. The first kappa shape index (κ1) is 11.7. The number of aromatic nitrogens is 2. The van der Waals surface area contributed by atoms with Gasteiger partial charge in [0, 0.05) is 24.8 Å². The molecule has 0 fully saturated rings. The average molecular weight is 231 g/mol. The van der Waals surface area contributed by atoms with E-state index in [1.807, 2.05) is 31.5 Å². The first-order valence-electron chi connectivity index (χ1n) is 5.78. The van der Waals surface area contributed by atoms with Crippen LogP contribution in [0.15, 0.2) is 36.7 Å². The Kier molecular flexibility index (Phi) is 4.16. The summed E-state index contributed by atoms with van der Waals surface area (Å²) in [5.41, 5.74) is 2.41. The maximum absolute atomic E-state index is 5.39. The van der Waals surface area contributed by atoms with Gasteiger partial charge in [-0.15, -0.1) is 0 Å². The second-order valence-electron chi connectivity index (χ2n) is 3.79. The summed E-state index contributed by atoms with van der Waals surface area (Å²) in [5, 5.41) is 10.0. The highest BCUT2D eigenvalue weighted by Gasteiger charge is 1.96. The molecule has 0 saturated heterocycles. The maximum Gasteiger partial charge on any atom is 0.119 e. The fourth-order valence-electron chi connectivity index (χ4n) is 1.60. The van der Waals surface area contributed by atoms with Crippen LogP contribution in [0.25, 0.3) is 0 Å². The van der Waals surface area contributed by atoms with Crippen molar-refractivity contribution in [2.24, 2.45) is 0 Å². The molecule has 0 spiro atoms. The van der Waals surface area contributed by atoms with E-state index in [9.17, 15) is 0 Å².